The van der Waals surface area contributed by atoms with Gasteiger partial charge in [0.1, 0.15) is 6.04 Å². The molecule has 126 valence electrons. The number of hydrogen-bond acceptors (Lipinski definition) is 3. The molecule has 0 aromatic heterocycles. The molecule has 0 radical (unpaired) electrons. The van der Waals surface area contributed by atoms with Crippen molar-refractivity contribution in [1.29, 1.82) is 0 Å². The molecule has 1 saturated heterocycles. The van der Waals surface area contributed by atoms with Crippen molar-refractivity contribution in [1.82, 2.24) is 9.80 Å². The number of halogens is 1. The lowest BCUT2D eigenvalue weighted by molar-refractivity contribution is -0.132. The number of carbonyl (C=O) groups excluding carboxylic acids is 2. The Balaban J connectivity index is 2.19. The number of anilines is 2. The van der Waals surface area contributed by atoms with Crippen molar-refractivity contribution in [2.75, 3.05) is 45.0 Å². The van der Waals surface area contributed by atoms with Gasteiger partial charge in [-0.05, 0) is 31.0 Å². The molecule has 1 aliphatic heterocycles. The van der Waals surface area contributed by atoms with Gasteiger partial charge in [-0.15, -0.1) is 0 Å². The summed E-state index contributed by atoms with van der Waals surface area (Å²) in [6.45, 7) is 0.577. The van der Waals surface area contributed by atoms with Gasteiger partial charge < -0.3 is 20.0 Å². The average Bonchev–Trinajstić information content (AvgIpc) is 2.95. The highest BCUT2D eigenvalue weighted by Crippen LogP contribution is 2.29. The van der Waals surface area contributed by atoms with E-state index in [0.29, 0.717) is 23.7 Å². The number of nitrogens with one attached hydrogen (secondary N) is 1. The molecule has 2 rings (SSSR count). The highest BCUT2D eigenvalue weighted by Gasteiger charge is 2.35. The lowest BCUT2D eigenvalue weighted by Gasteiger charge is -2.27. The minimum atomic E-state index is -0.396. The minimum Gasteiger partial charge on any atom is -0.376 e. The number of rotatable bonds is 3. The Morgan fingerprint density at radius 2 is 1.96 bits per heavy atom. The highest BCUT2D eigenvalue weighted by atomic mass is 35.5. The summed E-state index contributed by atoms with van der Waals surface area (Å²) >= 11 is 6.04. The van der Waals surface area contributed by atoms with Gasteiger partial charge in [0.2, 0.25) is 5.91 Å². The molecule has 1 aliphatic rings. The van der Waals surface area contributed by atoms with Crippen LogP contribution in [0.25, 0.3) is 0 Å². The van der Waals surface area contributed by atoms with E-state index in [1.807, 2.05) is 25.1 Å². The molecule has 1 aromatic rings. The Bertz CT molecular complexity index is 604. The van der Waals surface area contributed by atoms with Gasteiger partial charge in [-0.3, -0.25) is 4.79 Å². The van der Waals surface area contributed by atoms with Crippen LogP contribution in [0.5, 0.6) is 0 Å². The fourth-order valence-corrected chi connectivity index (χ4v) is 2.92. The molecule has 0 spiro atoms. The van der Waals surface area contributed by atoms with E-state index < -0.39 is 6.04 Å². The summed E-state index contributed by atoms with van der Waals surface area (Å²) in [5, 5.41) is 3.44. The number of nitrogens with zero attached hydrogens (tertiary/aromatic N) is 3. The van der Waals surface area contributed by atoms with E-state index in [9.17, 15) is 9.59 Å². The first-order chi connectivity index (χ1) is 10.8. The van der Waals surface area contributed by atoms with Crippen molar-refractivity contribution in [2.45, 2.75) is 18.9 Å². The molecule has 1 aromatic carbocycles. The number of hydrogen-bond donors (Lipinski definition) is 1. The zero-order chi connectivity index (χ0) is 17.1. The van der Waals surface area contributed by atoms with Crippen LogP contribution in [-0.2, 0) is 4.79 Å². The molecule has 1 atom stereocenters. The Labute approximate surface area is 142 Å². The smallest absolute Gasteiger partial charge is 0.322 e. The van der Waals surface area contributed by atoms with Gasteiger partial charge in [0.15, 0.2) is 0 Å². The predicted molar refractivity (Wildman–Crippen MR) is 93.2 cm³/mol. The van der Waals surface area contributed by atoms with Crippen LogP contribution in [0.4, 0.5) is 16.2 Å². The predicted octanol–water partition coefficient (Wildman–Crippen LogP) is 2.49. The summed E-state index contributed by atoms with van der Waals surface area (Å²) in [5.74, 6) is -0.0448. The van der Waals surface area contributed by atoms with Gasteiger partial charge in [-0.1, -0.05) is 11.6 Å². The first-order valence-electron chi connectivity index (χ1n) is 7.57. The second kappa shape index (κ2) is 7.08. The molecule has 3 amide bonds. The lowest BCUT2D eigenvalue weighted by Crippen LogP contribution is -2.47. The average molecular weight is 339 g/mol. The van der Waals surface area contributed by atoms with Crippen LogP contribution in [0, 0.1) is 0 Å². The number of amides is 3. The standard InChI is InChI=1S/C16H23ClN4O2/c1-19(2)13-8-7-11(17)10-12(13)18-16(23)21-9-5-6-14(21)15(22)20(3)4/h7-8,10,14H,5-6,9H2,1-4H3,(H,18,23)/t14-/m0/s1. The van der Waals surface area contributed by atoms with Crippen LogP contribution in [0.1, 0.15) is 12.8 Å². The van der Waals surface area contributed by atoms with Crippen LogP contribution in [0.3, 0.4) is 0 Å². The molecule has 23 heavy (non-hydrogen) atoms. The number of benzene rings is 1. The fourth-order valence-electron chi connectivity index (χ4n) is 2.75. The normalized spacial score (nSPS) is 17.1. The molecular formula is C16H23ClN4O2. The summed E-state index contributed by atoms with van der Waals surface area (Å²) in [6, 6.07) is 4.68. The van der Waals surface area contributed by atoms with Crippen molar-refractivity contribution in [3.63, 3.8) is 0 Å². The molecule has 0 unspecified atom stereocenters. The molecule has 6 nitrogen and oxygen atoms in total. The maximum atomic E-state index is 12.6. The third kappa shape index (κ3) is 3.88. The number of urea groups is 1. The van der Waals surface area contributed by atoms with Crippen LogP contribution >= 0.6 is 11.6 Å². The van der Waals surface area contributed by atoms with Crippen LogP contribution in [-0.4, -0.2) is 62.5 Å². The lowest BCUT2D eigenvalue weighted by atomic mass is 10.2. The SMILES string of the molecule is CN(C)C(=O)[C@@H]1CCCN1C(=O)Nc1cc(Cl)ccc1N(C)C. The quantitative estimate of drug-likeness (QED) is 0.921. The van der Waals surface area contributed by atoms with E-state index in [2.05, 4.69) is 5.32 Å². The van der Waals surface area contributed by atoms with Gasteiger partial charge in [0.25, 0.3) is 0 Å². The molecule has 1 fully saturated rings. The highest BCUT2D eigenvalue weighted by molar-refractivity contribution is 6.31. The molecule has 0 aliphatic carbocycles. The Morgan fingerprint density at radius 3 is 2.57 bits per heavy atom. The van der Waals surface area contributed by atoms with Gasteiger partial charge in [-0.2, -0.15) is 0 Å². The first kappa shape index (κ1) is 17.4. The summed E-state index contributed by atoms with van der Waals surface area (Å²) in [6.07, 6.45) is 1.52. The third-order valence-corrected chi connectivity index (χ3v) is 4.16. The van der Waals surface area contributed by atoms with E-state index in [1.54, 1.807) is 31.1 Å². The summed E-state index contributed by atoms with van der Waals surface area (Å²) < 4.78 is 0. The minimum absolute atomic E-state index is 0.0448. The molecule has 7 heteroatoms. The third-order valence-electron chi connectivity index (χ3n) is 3.92. The maximum absolute atomic E-state index is 12.6. The van der Waals surface area contributed by atoms with Gasteiger partial charge in [-0.25, -0.2) is 4.79 Å². The zero-order valence-corrected chi connectivity index (χ0v) is 14.7. The Hall–Kier alpha value is -1.95. The molecular weight excluding hydrogens is 316 g/mol. The van der Waals surface area contributed by atoms with Crippen LogP contribution in [0.2, 0.25) is 5.02 Å². The molecule has 1 heterocycles. The topological polar surface area (TPSA) is 55.9 Å². The van der Waals surface area contributed by atoms with E-state index in [-0.39, 0.29) is 11.9 Å². The van der Waals surface area contributed by atoms with Gasteiger partial charge in [0, 0.05) is 39.8 Å². The van der Waals surface area contributed by atoms with Crippen LogP contribution < -0.4 is 10.2 Å². The van der Waals surface area contributed by atoms with Crippen molar-refractivity contribution < 1.29 is 9.59 Å². The van der Waals surface area contributed by atoms with E-state index in [1.165, 1.54) is 4.90 Å². The Kier molecular flexibility index (Phi) is 5.36. The fraction of sp³-hybridized carbons (Fsp3) is 0.500. The van der Waals surface area contributed by atoms with Crippen molar-refractivity contribution in [2.24, 2.45) is 0 Å². The van der Waals surface area contributed by atoms with Crippen molar-refractivity contribution >= 4 is 34.9 Å². The largest absolute Gasteiger partial charge is 0.376 e. The summed E-state index contributed by atoms with van der Waals surface area (Å²) in [5.41, 5.74) is 1.49. The molecule has 0 saturated carbocycles. The summed E-state index contributed by atoms with van der Waals surface area (Å²) in [4.78, 5) is 29.9. The van der Waals surface area contributed by atoms with E-state index in [0.717, 1.165) is 12.1 Å². The van der Waals surface area contributed by atoms with E-state index in [4.69, 9.17) is 11.6 Å². The first-order valence-corrected chi connectivity index (χ1v) is 7.94. The van der Waals surface area contributed by atoms with Gasteiger partial charge >= 0.3 is 6.03 Å². The second-order valence-corrected chi connectivity index (χ2v) is 6.51. The van der Waals surface area contributed by atoms with Crippen molar-refractivity contribution in [3.05, 3.63) is 23.2 Å². The maximum Gasteiger partial charge on any atom is 0.322 e. The summed E-state index contributed by atoms with van der Waals surface area (Å²) in [7, 11) is 7.20. The molecule has 1 N–H and O–H groups in total. The van der Waals surface area contributed by atoms with Crippen molar-refractivity contribution in [3.8, 4) is 0 Å². The zero-order valence-electron chi connectivity index (χ0n) is 14.0. The number of likely N-dealkylation sites (tertiary alicyclic amines) is 1. The number of carbonyl (C=O) groups is 2. The monoisotopic (exact) mass is 338 g/mol. The second-order valence-electron chi connectivity index (χ2n) is 6.07. The molecule has 0 bridgehead atoms. The van der Waals surface area contributed by atoms with E-state index >= 15 is 0 Å². The number of likely N-dealkylation sites (N-methyl/N-ethyl adjacent to an activating group) is 1. The van der Waals surface area contributed by atoms with Crippen LogP contribution in [0.15, 0.2) is 18.2 Å². The van der Waals surface area contributed by atoms with Gasteiger partial charge in [0.05, 0.1) is 11.4 Å². The Morgan fingerprint density at radius 1 is 1.26 bits per heavy atom.